The Morgan fingerprint density at radius 1 is 1.00 bits per heavy atom. The summed E-state index contributed by atoms with van der Waals surface area (Å²) in [5.74, 6) is 0. The summed E-state index contributed by atoms with van der Waals surface area (Å²) in [6, 6.07) is 19.3. The normalized spacial score (nSPS) is 15.2. The molecular weight excluding hydrogens is 279 g/mol. The van der Waals surface area contributed by atoms with Gasteiger partial charge in [0, 0.05) is 5.31 Å². The van der Waals surface area contributed by atoms with E-state index in [1.807, 2.05) is 74.5 Å². The minimum Gasteiger partial charge on any atom is -0.341 e. The van der Waals surface area contributed by atoms with Crippen molar-refractivity contribution in [2.45, 2.75) is 26.4 Å². The number of allylic oxidation sites excluding steroid dienone is 2. The highest BCUT2D eigenvalue weighted by atomic mass is 31.2. The Kier molecular flexibility index (Phi) is 5.17. The third-order valence-electron chi connectivity index (χ3n) is 3.64. The molecule has 21 heavy (non-hydrogen) atoms. The Morgan fingerprint density at radius 3 is 2.05 bits per heavy atom. The molecule has 2 rings (SSSR count). The summed E-state index contributed by atoms with van der Waals surface area (Å²) in [6.45, 7) is 3.87. The van der Waals surface area contributed by atoms with Crippen molar-refractivity contribution < 1.29 is 9.46 Å². The Bertz CT molecular complexity index is 660. The van der Waals surface area contributed by atoms with Gasteiger partial charge in [0.2, 0.25) is 7.37 Å². The van der Waals surface area contributed by atoms with Gasteiger partial charge in [0.25, 0.3) is 0 Å². The molecule has 2 aromatic rings. The van der Waals surface area contributed by atoms with Crippen LogP contribution in [0.3, 0.4) is 0 Å². The van der Waals surface area contributed by atoms with E-state index in [-0.39, 0.29) is 6.16 Å². The zero-order valence-corrected chi connectivity index (χ0v) is 13.4. The molecule has 1 unspecified atom stereocenters. The SMILES string of the molecule is CC/C(=C(\C)c1ccccc1)P(=O)(O)Cc1ccccc1. The highest BCUT2D eigenvalue weighted by molar-refractivity contribution is 7.61. The first-order chi connectivity index (χ1) is 10.0. The van der Waals surface area contributed by atoms with Crippen molar-refractivity contribution in [2.75, 3.05) is 0 Å². The molecule has 1 N–H and O–H groups in total. The molecule has 0 radical (unpaired) electrons. The maximum atomic E-state index is 12.8. The van der Waals surface area contributed by atoms with Gasteiger partial charge in [0.05, 0.1) is 6.16 Å². The summed E-state index contributed by atoms with van der Waals surface area (Å²) in [5.41, 5.74) is 2.83. The average molecular weight is 300 g/mol. The Hall–Kier alpha value is -1.63. The fourth-order valence-electron chi connectivity index (χ4n) is 2.56. The van der Waals surface area contributed by atoms with E-state index in [0.29, 0.717) is 11.7 Å². The second-order valence-corrected chi connectivity index (χ2v) is 7.40. The standard InChI is InChI=1S/C18H21O2P/c1-3-18(15(2)17-12-8-5-9-13-17)21(19,20)14-16-10-6-4-7-11-16/h4-13H,3,14H2,1-2H3,(H,19,20)/b18-15-. The van der Waals surface area contributed by atoms with E-state index in [1.54, 1.807) is 0 Å². The molecule has 0 fully saturated rings. The van der Waals surface area contributed by atoms with Gasteiger partial charge >= 0.3 is 0 Å². The third-order valence-corrected chi connectivity index (χ3v) is 5.92. The van der Waals surface area contributed by atoms with Crippen LogP contribution in [0.25, 0.3) is 5.57 Å². The lowest BCUT2D eigenvalue weighted by Gasteiger charge is -2.18. The predicted octanol–water partition coefficient (Wildman–Crippen LogP) is 5.30. The zero-order chi connectivity index (χ0) is 15.3. The van der Waals surface area contributed by atoms with Crippen LogP contribution in [0.1, 0.15) is 31.4 Å². The largest absolute Gasteiger partial charge is 0.341 e. The molecule has 0 aromatic heterocycles. The first-order valence-corrected chi connectivity index (χ1v) is 9.00. The van der Waals surface area contributed by atoms with Crippen molar-refractivity contribution in [3.63, 3.8) is 0 Å². The minimum atomic E-state index is -3.37. The number of hydrogen-bond donors (Lipinski definition) is 1. The molecule has 0 spiro atoms. The topological polar surface area (TPSA) is 37.3 Å². The second kappa shape index (κ2) is 6.89. The molecule has 1 atom stereocenters. The van der Waals surface area contributed by atoms with Gasteiger partial charge in [-0.25, -0.2) is 0 Å². The maximum Gasteiger partial charge on any atom is 0.230 e. The van der Waals surface area contributed by atoms with Crippen LogP contribution in [0.2, 0.25) is 0 Å². The summed E-state index contributed by atoms with van der Waals surface area (Å²) in [6.07, 6.45) is 0.780. The molecule has 0 aliphatic rings. The van der Waals surface area contributed by atoms with Crippen LogP contribution in [0.5, 0.6) is 0 Å². The van der Waals surface area contributed by atoms with Crippen molar-refractivity contribution in [3.05, 3.63) is 77.1 Å². The van der Waals surface area contributed by atoms with Crippen LogP contribution in [0, 0.1) is 0 Å². The molecular formula is C18H21O2P. The van der Waals surface area contributed by atoms with Gasteiger partial charge in [-0.1, -0.05) is 67.6 Å². The number of benzene rings is 2. The summed E-state index contributed by atoms with van der Waals surface area (Å²) in [5, 5.41) is 0.664. The van der Waals surface area contributed by atoms with Crippen LogP contribution in [-0.4, -0.2) is 4.89 Å². The summed E-state index contributed by atoms with van der Waals surface area (Å²) < 4.78 is 12.8. The van der Waals surface area contributed by atoms with Crippen LogP contribution in [-0.2, 0) is 10.7 Å². The lowest BCUT2D eigenvalue weighted by Crippen LogP contribution is -1.95. The molecule has 0 amide bonds. The van der Waals surface area contributed by atoms with Crippen molar-refractivity contribution >= 4 is 12.9 Å². The number of hydrogen-bond acceptors (Lipinski definition) is 1. The van der Waals surface area contributed by atoms with Crippen LogP contribution in [0.15, 0.2) is 66.0 Å². The van der Waals surface area contributed by atoms with Gasteiger partial charge in [0.15, 0.2) is 0 Å². The molecule has 0 saturated heterocycles. The smallest absolute Gasteiger partial charge is 0.230 e. The van der Waals surface area contributed by atoms with Gasteiger partial charge in [-0.05, 0) is 30.0 Å². The van der Waals surface area contributed by atoms with Gasteiger partial charge in [0.1, 0.15) is 0 Å². The first kappa shape index (κ1) is 15.8. The van der Waals surface area contributed by atoms with Gasteiger partial charge < -0.3 is 4.89 Å². The Labute approximate surface area is 126 Å². The van der Waals surface area contributed by atoms with E-state index in [4.69, 9.17) is 0 Å². The van der Waals surface area contributed by atoms with Crippen molar-refractivity contribution in [1.29, 1.82) is 0 Å². The summed E-state index contributed by atoms with van der Waals surface area (Å²) in [4.78, 5) is 10.6. The Morgan fingerprint density at radius 2 is 1.52 bits per heavy atom. The van der Waals surface area contributed by atoms with E-state index in [2.05, 4.69) is 0 Å². The van der Waals surface area contributed by atoms with E-state index in [1.165, 1.54) is 0 Å². The van der Waals surface area contributed by atoms with Crippen LogP contribution in [0.4, 0.5) is 0 Å². The van der Waals surface area contributed by atoms with Gasteiger partial charge in [-0.15, -0.1) is 0 Å². The predicted molar refractivity (Wildman–Crippen MR) is 89.3 cm³/mol. The monoisotopic (exact) mass is 300 g/mol. The summed E-state index contributed by atoms with van der Waals surface area (Å²) >= 11 is 0. The van der Waals surface area contributed by atoms with Gasteiger partial charge in [-0.3, -0.25) is 4.57 Å². The van der Waals surface area contributed by atoms with Crippen molar-refractivity contribution in [1.82, 2.24) is 0 Å². The van der Waals surface area contributed by atoms with E-state index in [0.717, 1.165) is 16.7 Å². The Balaban J connectivity index is 2.38. The quantitative estimate of drug-likeness (QED) is 0.761. The van der Waals surface area contributed by atoms with Crippen molar-refractivity contribution in [2.24, 2.45) is 0 Å². The summed E-state index contributed by atoms with van der Waals surface area (Å²) in [7, 11) is -3.37. The zero-order valence-electron chi connectivity index (χ0n) is 12.5. The fourth-order valence-corrected chi connectivity index (χ4v) is 4.60. The lowest BCUT2D eigenvalue weighted by molar-refractivity contribution is 0.483. The molecule has 0 saturated carbocycles. The van der Waals surface area contributed by atoms with E-state index >= 15 is 0 Å². The molecule has 3 heteroatoms. The highest BCUT2D eigenvalue weighted by Gasteiger charge is 2.25. The van der Waals surface area contributed by atoms with Crippen LogP contribution >= 0.6 is 7.37 Å². The second-order valence-electron chi connectivity index (χ2n) is 5.14. The van der Waals surface area contributed by atoms with Crippen LogP contribution < -0.4 is 0 Å². The lowest BCUT2D eigenvalue weighted by atomic mass is 10.1. The van der Waals surface area contributed by atoms with E-state index < -0.39 is 7.37 Å². The maximum absolute atomic E-state index is 12.8. The average Bonchev–Trinajstić information content (AvgIpc) is 2.49. The van der Waals surface area contributed by atoms with Gasteiger partial charge in [-0.2, -0.15) is 0 Å². The molecule has 0 aliphatic heterocycles. The molecule has 2 nitrogen and oxygen atoms in total. The first-order valence-electron chi connectivity index (χ1n) is 7.16. The molecule has 110 valence electrons. The molecule has 0 bridgehead atoms. The van der Waals surface area contributed by atoms with Crippen molar-refractivity contribution in [3.8, 4) is 0 Å². The minimum absolute atomic E-state index is 0.196. The highest BCUT2D eigenvalue weighted by Crippen LogP contribution is 2.56. The molecule has 0 heterocycles. The van der Waals surface area contributed by atoms with E-state index in [9.17, 15) is 9.46 Å². The molecule has 0 aliphatic carbocycles. The molecule has 2 aromatic carbocycles. The fraction of sp³-hybridized carbons (Fsp3) is 0.222. The number of rotatable bonds is 5. The third kappa shape index (κ3) is 3.93.